The van der Waals surface area contributed by atoms with Gasteiger partial charge in [0.1, 0.15) is 0 Å². The van der Waals surface area contributed by atoms with Crippen LogP contribution in [0.25, 0.3) is 0 Å². The fraction of sp³-hybridized carbons (Fsp3) is 0.818. The number of hydrogen-bond donors (Lipinski definition) is 2. The molecule has 17 heavy (non-hydrogen) atoms. The van der Waals surface area contributed by atoms with Crippen molar-refractivity contribution in [2.45, 2.75) is 39.7 Å². The molecule has 1 atom stereocenters. The van der Waals surface area contributed by atoms with E-state index < -0.39 is 8.80 Å². The fourth-order valence-electron chi connectivity index (χ4n) is 1.61. The molecule has 0 amide bonds. The van der Waals surface area contributed by atoms with Crippen molar-refractivity contribution in [3.05, 3.63) is 12.7 Å². The first-order valence-corrected chi connectivity index (χ1v) is 7.55. The highest BCUT2D eigenvalue weighted by Crippen LogP contribution is 2.29. The summed E-state index contributed by atoms with van der Waals surface area (Å²) in [5.41, 5.74) is 0.192. The van der Waals surface area contributed by atoms with Crippen molar-refractivity contribution < 1.29 is 13.3 Å². The summed E-state index contributed by atoms with van der Waals surface area (Å²) in [5.74, 6) is 0. The molecular weight excluding hydrogens is 236 g/mol. The van der Waals surface area contributed by atoms with Crippen LogP contribution in [-0.2, 0) is 13.3 Å². The first-order chi connectivity index (χ1) is 7.20. The predicted molar refractivity (Wildman–Crippen MR) is 74.9 cm³/mol. The average Bonchev–Trinajstić information content (AvgIpc) is 2.20. The minimum absolute atomic E-state index is 0. The maximum Gasteiger partial charge on any atom is 0.508 e. The molecule has 5 nitrogen and oxygen atoms in total. The van der Waals surface area contributed by atoms with Crippen molar-refractivity contribution in [2.75, 3.05) is 19.8 Å². The SMILES string of the molecule is C=CC(CC)[Si](OCC)(OCC)OCC.N.N. The van der Waals surface area contributed by atoms with E-state index in [-0.39, 0.29) is 17.8 Å². The Bertz CT molecular complexity index is 165. The van der Waals surface area contributed by atoms with Crippen LogP contribution in [0.1, 0.15) is 34.1 Å². The Morgan fingerprint density at radius 3 is 1.47 bits per heavy atom. The minimum atomic E-state index is -2.54. The third-order valence-electron chi connectivity index (χ3n) is 2.22. The number of allylic oxidation sites excluding steroid dienone is 1. The van der Waals surface area contributed by atoms with Crippen LogP contribution in [-0.4, -0.2) is 28.6 Å². The van der Waals surface area contributed by atoms with Crippen molar-refractivity contribution in [3.63, 3.8) is 0 Å². The molecule has 0 aliphatic carbocycles. The molecule has 0 bridgehead atoms. The zero-order valence-corrected chi connectivity index (χ0v) is 12.8. The van der Waals surface area contributed by atoms with Gasteiger partial charge in [-0.1, -0.05) is 13.0 Å². The lowest BCUT2D eigenvalue weighted by atomic mass is 10.3. The molecule has 0 radical (unpaired) electrons. The first-order valence-electron chi connectivity index (χ1n) is 5.75. The summed E-state index contributed by atoms with van der Waals surface area (Å²) in [6.07, 6.45) is 2.84. The highest BCUT2D eigenvalue weighted by Gasteiger charge is 2.46. The van der Waals surface area contributed by atoms with Crippen LogP contribution < -0.4 is 12.3 Å². The second-order valence-electron chi connectivity index (χ2n) is 3.15. The molecule has 0 saturated carbocycles. The second-order valence-corrected chi connectivity index (χ2v) is 5.97. The molecule has 0 heterocycles. The lowest BCUT2D eigenvalue weighted by molar-refractivity contribution is 0.0648. The molecule has 6 N–H and O–H groups in total. The molecule has 0 spiro atoms. The van der Waals surface area contributed by atoms with Gasteiger partial charge >= 0.3 is 8.80 Å². The summed E-state index contributed by atoms with van der Waals surface area (Å²) in [6, 6.07) is 0. The monoisotopic (exact) mass is 266 g/mol. The zero-order valence-electron chi connectivity index (χ0n) is 11.8. The van der Waals surface area contributed by atoms with E-state index >= 15 is 0 Å². The van der Waals surface area contributed by atoms with E-state index in [1.807, 2.05) is 26.8 Å². The molecule has 0 aromatic heterocycles. The van der Waals surface area contributed by atoms with Gasteiger partial charge in [-0.3, -0.25) is 0 Å². The quantitative estimate of drug-likeness (QED) is 0.493. The van der Waals surface area contributed by atoms with E-state index in [2.05, 4.69) is 13.5 Å². The maximum absolute atomic E-state index is 5.78. The standard InChI is InChI=1S/C11H24O3Si.2H3N/c1-6-11(7-2)15(12-8-3,13-9-4)14-10-5;;/h6,11H,1,7-10H2,2-5H3;2*1H3. The number of hydrogen-bond acceptors (Lipinski definition) is 5. The molecule has 0 rings (SSSR count). The highest BCUT2D eigenvalue weighted by atomic mass is 28.4. The van der Waals surface area contributed by atoms with Gasteiger partial charge in [0.25, 0.3) is 0 Å². The van der Waals surface area contributed by atoms with Gasteiger partial charge in [0, 0.05) is 25.4 Å². The Kier molecular flexibility index (Phi) is 15.8. The zero-order chi connectivity index (χ0) is 11.7. The van der Waals surface area contributed by atoms with Crippen molar-refractivity contribution in [3.8, 4) is 0 Å². The van der Waals surface area contributed by atoms with Crippen LogP contribution in [0, 0.1) is 0 Å². The van der Waals surface area contributed by atoms with Crippen LogP contribution in [0.3, 0.4) is 0 Å². The summed E-state index contributed by atoms with van der Waals surface area (Å²) >= 11 is 0. The Hall–Kier alpha value is -0.243. The highest BCUT2D eigenvalue weighted by molar-refractivity contribution is 6.63. The summed E-state index contributed by atoms with van der Waals surface area (Å²) in [4.78, 5) is 0. The van der Waals surface area contributed by atoms with Crippen molar-refractivity contribution in [2.24, 2.45) is 0 Å². The van der Waals surface area contributed by atoms with Gasteiger partial charge in [0.2, 0.25) is 0 Å². The van der Waals surface area contributed by atoms with Crippen LogP contribution in [0.2, 0.25) is 5.54 Å². The largest absolute Gasteiger partial charge is 0.508 e. The van der Waals surface area contributed by atoms with Gasteiger partial charge in [-0.15, -0.1) is 6.58 Å². The summed E-state index contributed by atoms with van der Waals surface area (Å²) in [5, 5.41) is 0. The summed E-state index contributed by atoms with van der Waals surface area (Å²) < 4.78 is 17.3. The Morgan fingerprint density at radius 2 is 1.29 bits per heavy atom. The normalized spacial score (nSPS) is 12.2. The van der Waals surface area contributed by atoms with E-state index in [1.165, 1.54) is 0 Å². The Morgan fingerprint density at radius 1 is 0.941 bits per heavy atom. The lowest BCUT2D eigenvalue weighted by Gasteiger charge is -2.33. The van der Waals surface area contributed by atoms with E-state index in [1.54, 1.807) is 0 Å². The summed E-state index contributed by atoms with van der Waals surface area (Å²) in [6.45, 7) is 13.7. The summed E-state index contributed by atoms with van der Waals surface area (Å²) in [7, 11) is -2.54. The average molecular weight is 266 g/mol. The van der Waals surface area contributed by atoms with Crippen LogP contribution in [0.15, 0.2) is 12.7 Å². The Balaban J connectivity index is -0.000000980. The molecule has 0 saturated heterocycles. The molecule has 0 aromatic carbocycles. The van der Waals surface area contributed by atoms with E-state index in [0.717, 1.165) is 6.42 Å². The molecular formula is C11H30N2O3Si. The van der Waals surface area contributed by atoms with Crippen molar-refractivity contribution in [1.29, 1.82) is 0 Å². The van der Waals surface area contributed by atoms with Crippen molar-refractivity contribution in [1.82, 2.24) is 12.3 Å². The predicted octanol–water partition coefficient (Wildman–Crippen LogP) is 3.32. The van der Waals surface area contributed by atoms with E-state index in [0.29, 0.717) is 19.8 Å². The van der Waals surface area contributed by atoms with Gasteiger partial charge < -0.3 is 25.6 Å². The smallest absolute Gasteiger partial charge is 0.373 e. The topological polar surface area (TPSA) is 97.7 Å². The molecule has 1 unspecified atom stereocenters. The molecule has 0 aliphatic rings. The molecule has 0 fully saturated rings. The van der Waals surface area contributed by atoms with Gasteiger partial charge in [-0.25, -0.2) is 0 Å². The lowest BCUT2D eigenvalue weighted by Crippen LogP contribution is -2.49. The molecule has 0 aliphatic heterocycles. The first kappa shape index (κ1) is 22.0. The van der Waals surface area contributed by atoms with Crippen LogP contribution in [0.4, 0.5) is 0 Å². The van der Waals surface area contributed by atoms with Gasteiger partial charge in [-0.2, -0.15) is 0 Å². The minimum Gasteiger partial charge on any atom is -0.373 e. The van der Waals surface area contributed by atoms with E-state index in [4.69, 9.17) is 13.3 Å². The van der Waals surface area contributed by atoms with E-state index in [9.17, 15) is 0 Å². The molecule has 0 aromatic rings. The second kappa shape index (κ2) is 12.2. The third-order valence-corrected chi connectivity index (χ3v) is 5.84. The fourth-order valence-corrected chi connectivity index (χ4v) is 4.50. The number of rotatable bonds is 9. The maximum atomic E-state index is 5.78. The third kappa shape index (κ3) is 6.30. The van der Waals surface area contributed by atoms with Gasteiger partial charge in [0.05, 0.1) is 0 Å². The van der Waals surface area contributed by atoms with Crippen molar-refractivity contribution >= 4 is 8.80 Å². The van der Waals surface area contributed by atoms with Gasteiger partial charge in [-0.05, 0) is 27.2 Å². The van der Waals surface area contributed by atoms with Gasteiger partial charge in [0.15, 0.2) is 0 Å². The van der Waals surface area contributed by atoms with Crippen LogP contribution >= 0.6 is 0 Å². The molecule has 6 heteroatoms. The molecule has 106 valence electrons. The van der Waals surface area contributed by atoms with Crippen LogP contribution in [0.5, 0.6) is 0 Å². The Labute approximate surface area is 107 Å².